The lowest BCUT2D eigenvalue weighted by Crippen LogP contribution is -2.32. The molecule has 3 aromatic carbocycles. The molecular formula is C24H20ClN3O5. The van der Waals surface area contributed by atoms with E-state index in [1.54, 1.807) is 72.8 Å². The average Bonchev–Trinajstić information content (AvgIpc) is 2.81. The molecule has 0 aromatic heterocycles. The number of hydrogen-bond acceptors (Lipinski definition) is 6. The van der Waals surface area contributed by atoms with Crippen molar-refractivity contribution in [2.45, 2.75) is 6.92 Å². The summed E-state index contributed by atoms with van der Waals surface area (Å²) >= 11 is 5.82. The normalized spacial score (nSPS) is 10.5. The Morgan fingerprint density at radius 3 is 2.36 bits per heavy atom. The molecule has 0 bridgehead atoms. The Hall–Kier alpha value is -4.17. The molecule has 2 amide bonds. The monoisotopic (exact) mass is 465 g/mol. The Bertz CT molecular complexity index is 1160. The molecular weight excluding hydrogens is 446 g/mol. The highest BCUT2D eigenvalue weighted by Crippen LogP contribution is 2.17. The van der Waals surface area contributed by atoms with Gasteiger partial charge in [-0.05, 0) is 73.2 Å². The molecule has 2 N–H and O–H groups in total. The number of hydrazone groups is 1. The Balaban J connectivity index is 1.53. The summed E-state index contributed by atoms with van der Waals surface area (Å²) in [5.74, 6) is -1.41. The van der Waals surface area contributed by atoms with Crippen molar-refractivity contribution in [2.75, 3.05) is 11.9 Å². The van der Waals surface area contributed by atoms with E-state index in [0.29, 0.717) is 39.9 Å². The van der Waals surface area contributed by atoms with Crippen molar-refractivity contribution in [3.63, 3.8) is 0 Å². The van der Waals surface area contributed by atoms with Crippen molar-refractivity contribution in [3.8, 4) is 11.5 Å². The van der Waals surface area contributed by atoms with Gasteiger partial charge in [0.25, 0.3) is 0 Å². The van der Waals surface area contributed by atoms with Crippen LogP contribution in [0.2, 0.25) is 5.02 Å². The molecule has 0 aliphatic rings. The third-order valence-electron chi connectivity index (χ3n) is 4.16. The lowest BCUT2D eigenvalue weighted by Gasteiger charge is -2.06. The maximum Gasteiger partial charge on any atom is 0.343 e. The van der Waals surface area contributed by atoms with E-state index in [0.717, 1.165) is 0 Å². The summed E-state index contributed by atoms with van der Waals surface area (Å²) in [4.78, 5) is 36.2. The van der Waals surface area contributed by atoms with Gasteiger partial charge in [0.15, 0.2) is 0 Å². The number of esters is 1. The summed E-state index contributed by atoms with van der Waals surface area (Å²) in [6.45, 7) is 2.39. The number of rotatable bonds is 7. The zero-order valence-corrected chi connectivity index (χ0v) is 18.3. The lowest BCUT2D eigenvalue weighted by atomic mass is 10.2. The smallest absolute Gasteiger partial charge is 0.343 e. The number of nitrogens with zero attached hydrogens (tertiary/aromatic N) is 1. The zero-order valence-electron chi connectivity index (χ0n) is 17.6. The molecule has 0 saturated heterocycles. The first-order valence-corrected chi connectivity index (χ1v) is 10.3. The average molecular weight is 466 g/mol. The molecule has 0 atom stereocenters. The maximum atomic E-state index is 12.2. The predicted octanol–water partition coefficient (Wildman–Crippen LogP) is 4.05. The highest BCUT2D eigenvalue weighted by molar-refractivity contribution is 6.39. The Labute approximate surface area is 195 Å². The highest BCUT2D eigenvalue weighted by atomic mass is 35.5. The molecule has 8 nitrogen and oxygen atoms in total. The van der Waals surface area contributed by atoms with Gasteiger partial charge in [0, 0.05) is 10.7 Å². The van der Waals surface area contributed by atoms with Crippen LogP contribution in [0, 0.1) is 0 Å². The molecule has 0 radical (unpaired) electrons. The van der Waals surface area contributed by atoms with E-state index in [-0.39, 0.29) is 0 Å². The van der Waals surface area contributed by atoms with E-state index in [9.17, 15) is 14.4 Å². The second-order valence-corrected chi connectivity index (χ2v) is 7.02. The summed E-state index contributed by atoms with van der Waals surface area (Å²) in [6, 6.07) is 19.4. The minimum absolute atomic E-state index is 0.290. The molecule has 0 unspecified atom stereocenters. The molecule has 0 aliphatic carbocycles. The van der Waals surface area contributed by atoms with Gasteiger partial charge < -0.3 is 14.8 Å². The number of benzene rings is 3. The largest absolute Gasteiger partial charge is 0.494 e. The van der Waals surface area contributed by atoms with Crippen molar-refractivity contribution >= 4 is 41.3 Å². The molecule has 0 spiro atoms. The molecule has 0 saturated carbocycles. The summed E-state index contributed by atoms with van der Waals surface area (Å²) in [5, 5.41) is 6.75. The highest BCUT2D eigenvalue weighted by Gasteiger charge is 2.13. The number of carbonyl (C=O) groups is 3. The van der Waals surface area contributed by atoms with Crippen molar-refractivity contribution in [1.82, 2.24) is 5.43 Å². The number of nitrogens with one attached hydrogen (secondary N) is 2. The minimum Gasteiger partial charge on any atom is -0.494 e. The molecule has 0 aliphatic heterocycles. The van der Waals surface area contributed by atoms with Crippen LogP contribution in [-0.4, -0.2) is 30.6 Å². The van der Waals surface area contributed by atoms with E-state index in [1.807, 2.05) is 6.92 Å². The summed E-state index contributed by atoms with van der Waals surface area (Å²) < 4.78 is 10.7. The van der Waals surface area contributed by atoms with E-state index >= 15 is 0 Å². The number of hydrogen-bond donors (Lipinski definition) is 2. The number of halogens is 1. The van der Waals surface area contributed by atoms with E-state index in [4.69, 9.17) is 21.1 Å². The van der Waals surface area contributed by atoms with Gasteiger partial charge in [-0.1, -0.05) is 23.7 Å². The standard InChI is InChI=1S/C24H20ClN3O5/c1-2-32-20-12-10-19(11-13-20)27-22(29)23(30)28-26-15-16-4-3-5-21(14-16)33-24(31)17-6-8-18(25)9-7-17/h3-15H,2H2,1H3,(H,27,29)(H,28,30)/b26-15+. The second kappa shape index (κ2) is 11.4. The van der Waals surface area contributed by atoms with Crippen LogP contribution in [0.15, 0.2) is 77.9 Å². The van der Waals surface area contributed by atoms with Gasteiger partial charge in [-0.3, -0.25) is 9.59 Å². The molecule has 3 rings (SSSR count). The number of carbonyl (C=O) groups excluding carboxylic acids is 3. The molecule has 0 fully saturated rings. The Morgan fingerprint density at radius 1 is 0.939 bits per heavy atom. The van der Waals surface area contributed by atoms with Crippen LogP contribution in [0.3, 0.4) is 0 Å². The van der Waals surface area contributed by atoms with Gasteiger partial charge in [-0.2, -0.15) is 5.10 Å². The van der Waals surface area contributed by atoms with Crippen LogP contribution >= 0.6 is 11.6 Å². The van der Waals surface area contributed by atoms with Gasteiger partial charge in [0.2, 0.25) is 0 Å². The zero-order chi connectivity index (χ0) is 23.6. The first-order chi connectivity index (χ1) is 15.9. The number of amides is 2. The van der Waals surface area contributed by atoms with Crippen LogP contribution in [0.5, 0.6) is 11.5 Å². The Kier molecular flexibility index (Phi) is 8.15. The predicted molar refractivity (Wildman–Crippen MR) is 125 cm³/mol. The lowest BCUT2D eigenvalue weighted by molar-refractivity contribution is -0.136. The number of anilines is 1. The quantitative estimate of drug-likeness (QED) is 0.180. The fourth-order valence-corrected chi connectivity index (χ4v) is 2.74. The van der Waals surface area contributed by atoms with E-state index < -0.39 is 17.8 Å². The first kappa shape index (κ1) is 23.5. The molecule has 9 heteroatoms. The van der Waals surface area contributed by atoms with Gasteiger partial charge in [-0.15, -0.1) is 0 Å². The van der Waals surface area contributed by atoms with Crippen LogP contribution in [0.1, 0.15) is 22.8 Å². The third-order valence-corrected chi connectivity index (χ3v) is 4.41. The fourth-order valence-electron chi connectivity index (χ4n) is 2.62. The van der Waals surface area contributed by atoms with Crippen LogP contribution in [0.4, 0.5) is 5.69 Å². The van der Waals surface area contributed by atoms with Gasteiger partial charge in [0.1, 0.15) is 11.5 Å². The Morgan fingerprint density at radius 2 is 1.67 bits per heavy atom. The van der Waals surface area contributed by atoms with Crippen molar-refractivity contribution in [3.05, 3.63) is 88.9 Å². The number of ether oxygens (including phenoxy) is 2. The molecule has 3 aromatic rings. The molecule has 168 valence electrons. The van der Waals surface area contributed by atoms with Crippen LogP contribution in [0.25, 0.3) is 0 Å². The third kappa shape index (κ3) is 7.19. The molecule has 0 heterocycles. The fraction of sp³-hybridized carbons (Fsp3) is 0.0833. The van der Waals surface area contributed by atoms with Crippen molar-refractivity contribution < 1.29 is 23.9 Å². The summed E-state index contributed by atoms with van der Waals surface area (Å²) in [7, 11) is 0. The van der Waals surface area contributed by atoms with Crippen molar-refractivity contribution in [2.24, 2.45) is 5.10 Å². The minimum atomic E-state index is -0.939. The van der Waals surface area contributed by atoms with Gasteiger partial charge >= 0.3 is 17.8 Å². The van der Waals surface area contributed by atoms with E-state index in [1.165, 1.54) is 6.21 Å². The topological polar surface area (TPSA) is 106 Å². The summed E-state index contributed by atoms with van der Waals surface area (Å²) in [6.07, 6.45) is 1.32. The van der Waals surface area contributed by atoms with Crippen molar-refractivity contribution in [1.29, 1.82) is 0 Å². The first-order valence-electron chi connectivity index (χ1n) is 9.89. The molecule has 33 heavy (non-hydrogen) atoms. The van der Waals surface area contributed by atoms with Gasteiger partial charge in [0.05, 0.1) is 18.4 Å². The van der Waals surface area contributed by atoms with E-state index in [2.05, 4.69) is 15.8 Å². The van der Waals surface area contributed by atoms with Crippen LogP contribution < -0.4 is 20.2 Å². The summed E-state index contributed by atoms with van der Waals surface area (Å²) in [5.41, 5.74) is 3.49. The maximum absolute atomic E-state index is 12.2. The van der Waals surface area contributed by atoms with Gasteiger partial charge in [-0.25, -0.2) is 10.2 Å². The SMILES string of the molecule is CCOc1ccc(NC(=O)C(=O)N/N=C/c2cccc(OC(=O)c3ccc(Cl)cc3)c2)cc1. The second-order valence-electron chi connectivity index (χ2n) is 6.58. The van der Waals surface area contributed by atoms with Crippen LogP contribution in [-0.2, 0) is 9.59 Å².